The van der Waals surface area contributed by atoms with Crippen molar-refractivity contribution in [3.05, 3.63) is 23.8 Å². The van der Waals surface area contributed by atoms with Gasteiger partial charge in [-0.05, 0) is 6.08 Å². The predicted octanol–water partition coefficient (Wildman–Crippen LogP) is 1.02. The SMILES string of the molecule is O=C1C=CC=C(CBr)C1=O. The number of halogens is 1. The zero-order chi connectivity index (χ0) is 7.56. The van der Waals surface area contributed by atoms with Gasteiger partial charge in [0, 0.05) is 10.9 Å². The number of hydrogen-bond donors (Lipinski definition) is 0. The fourth-order valence-electron chi connectivity index (χ4n) is 0.667. The fourth-order valence-corrected chi connectivity index (χ4v) is 1.11. The Hall–Kier alpha value is -0.700. The number of carbonyl (C=O) groups excluding carboxylic acids is 2. The highest BCUT2D eigenvalue weighted by molar-refractivity contribution is 9.09. The van der Waals surface area contributed by atoms with E-state index in [2.05, 4.69) is 15.9 Å². The van der Waals surface area contributed by atoms with Gasteiger partial charge in [-0.15, -0.1) is 0 Å². The van der Waals surface area contributed by atoms with Gasteiger partial charge < -0.3 is 0 Å². The average molecular weight is 201 g/mol. The van der Waals surface area contributed by atoms with Crippen LogP contribution in [-0.4, -0.2) is 16.9 Å². The fraction of sp³-hybridized carbons (Fsp3) is 0.143. The zero-order valence-electron chi connectivity index (χ0n) is 5.13. The number of rotatable bonds is 1. The van der Waals surface area contributed by atoms with Crippen LogP contribution in [0.1, 0.15) is 0 Å². The molecule has 0 aromatic heterocycles. The minimum atomic E-state index is -0.433. The average Bonchev–Trinajstić information content (AvgIpc) is 1.95. The molecule has 1 aliphatic carbocycles. The van der Waals surface area contributed by atoms with Crippen LogP contribution in [0.25, 0.3) is 0 Å². The van der Waals surface area contributed by atoms with Crippen molar-refractivity contribution in [2.75, 3.05) is 5.33 Å². The topological polar surface area (TPSA) is 34.1 Å². The number of alkyl halides is 1. The minimum Gasteiger partial charge on any atom is -0.286 e. The highest BCUT2D eigenvalue weighted by Gasteiger charge is 2.16. The molecule has 0 saturated heterocycles. The molecule has 0 aliphatic heterocycles. The molecule has 0 fully saturated rings. The molecule has 1 aliphatic rings. The molecule has 10 heavy (non-hydrogen) atoms. The summed E-state index contributed by atoms with van der Waals surface area (Å²) in [5.74, 6) is -0.837. The van der Waals surface area contributed by atoms with Gasteiger partial charge in [-0.2, -0.15) is 0 Å². The molecule has 52 valence electrons. The van der Waals surface area contributed by atoms with E-state index in [1.165, 1.54) is 6.08 Å². The first-order valence-corrected chi connectivity index (χ1v) is 3.89. The van der Waals surface area contributed by atoms with E-state index >= 15 is 0 Å². The number of hydrogen-bond acceptors (Lipinski definition) is 2. The minimum absolute atomic E-state index is 0.403. The Kier molecular flexibility index (Phi) is 2.17. The van der Waals surface area contributed by atoms with Gasteiger partial charge in [-0.25, -0.2) is 0 Å². The Morgan fingerprint density at radius 3 is 2.60 bits per heavy atom. The molecule has 1 rings (SSSR count). The molecule has 0 aromatic rings. The van der Waals surface area contributed by atoms with Crippen molar-refractivity contribution >= 4 is 27.5 Å². The maximum Gasteiger partial charge on any atom is 0.229 e. The van der Waals surface area contributed by atoms with Crippen LogP contribution in [0, 0.1) is 0 Å². The molecule has 3 heteroatoms. The van der Waals surface area contributed by atoms with E-state index in [0.717, 1.165) is 0 Å². The second-order valence-electron chi connectivity index (χ2n) is 1.88. The lowest BCUT2D eigenvalue weighted by molar-refractivity contribution is -0.131. The normalized spacial score (nSPS) is 17.5. The van der Waals surface area contributed by atoms with E-state index in [0.29, 0.717) is 10.9 Å². The Labute approximate surface area is 66.7 Å². The summed E-state index contributed by atoms with van der Waals surface area (Å²) in [7, 11) is 0. The summed E-state index contributed by atoms with van der Waals surface area (Å²) in [6, 6.07) is 0. The van der Waals surface area contributed by atoms with Crippen molar-refractivity contribution in [1.29, 1.82) is 0 Å². The Morgan fingerprint density at radius 2 is 2.10 bits per heavy atom. The van der Waals surface area contributed by atoms with E-state index in [1.54, 1.807) is 12.2 Å². The van der Waals surface area contributed by atoms with Gasteiger partial charge >= 0.3 is 0 Å². The van der Waals surface area contributed by atoms with E-state index in [1.807, 2.05) is 0 Å². The van der Waals surface area contributed by atoms with Gasteiger partial charge in [0.25, 0.3) is 0 Å². The molecule has 0 saturated carbocycles. The van der Waals surface area contributed by atoms with E-state index in [4.69, 9.17) is 0 Å². The van der Waals surface area contributed by atoms with Gasteiger partial charge in [0.05, 0.1) is 0 Å². The first kappa shape index (κ1) is 7.41. The lowest BCUT2D eigenvalue weighted by Crippen LogP contribution is -2.16. The lowest BCUT2D eigenvalue weighted by Gasteiger charge is -2.00. The Morgan fingerprint density at radius 1 is 1.40 bits per heavy atom. The first-order chi connectivity index (χ1) is 4.75. The number of ketones is 2. The third-order valence-corrected chi connectivity index (χ3v) is 1.81. The Balaban J connectivity index is 2.92. The zero-order valence-corrected chi connectivity index (χ0v) is 6.72. The lowest BCUT2D eigenvalue weighted by atomic mass is 10.0. The number of allylic oxidation sites excluding steroid dienone is 4. The van der Waals surface area contributed by atoms with Crippen LogP contribution in [-0.2, 0) is 9.59 Å². The van der Waals surface area contributed by atoms with Crippen molar-refractivity contribution in [3.63, 3.8) is 0 Å². The summed E-state index contributed by atoms with van der Waals surface area (Å²) >= 11 is 3.10. The van der Waals surface area contributed by atoms with E-state index in [-0.39, 0.29) is 0 Å². The maximum absolute atomic E-state index is 10.9. The van der Waals surface area contributed by atoms with Crippen LogP contribution < -0.4 is 0 Å². The summed E-state index contributed by atoms with van der Waals surface area (Å²) in [6.45, 7) is 0. The van der Waals surface area contributed by atoms with Crippen LogP contribution >= 0.6 is 15.9 Å². The van der Waals surface area contributed by atoms with Crippen LogP contribution in [0.15, 0.2) is 23.8 Å². The van der Waals surface area contributed by atoms with Gasteiger partial charge in [0.2, 0.25) is 11.6 Å². The molecule has 0 unspecified atom stereocenters. The summed E-state index contributed by atoms with van der Waals surface area (Å²) < 4.78 is 0. The van der Waals surface area contributed by atoms with E-state index in [9.17, 15) is 9.59 Å². The van der Waals surface area contributed by atoms with Crippen molar-refractivity contribution in [2.24, 2.45) is 0 Å². The van der Waals surface area contributed by atoms with Crippen LogP contribution in [0.3, 0.4) is 0 Å². The monoisotopic (exact) mass is 200 g/mol. The third-order valence-electron chi connectivity index (χ3n) is 1.20. The molecule has 0 N–H and O–H groups in total. The molecule has 0 aromatic carbocycles. The second-order valence-corrected chi connectivity index (χ2v) is 2.44. The molecule has 2 nitrogen and oxygen atoms in total. The number of Topliss-reactive ketones (excluding diaryl/α,β-unsaturated/α-hetero) is 1. The van der Waals surface area contributed by atoms with Gasteiger partial charge in [-0.1, -0.05) is 28.1 Å². The summed E-state index contributed by atoms with van der Waals surface area (Å²) in [4.78, 5) is 21.5. The van der Waals surface area contributed by atoms with Crippen molar-refractivity contribution in [1.82, 2.24) is 0 Å². The second kappa shape index (κ2) is 2.92. The van der Waals surface area contributed by atoms with Gasteiger partial charge in [-0.3, -0.25) is 9.59 Å². The van der Waals surface area contributed by atoms with Gasteiger partial charge in [0.15, 0.2) is 0 Å². The molecule has 0 amide bonds. The summed E-state index contributed by atoms with van der Waals surface area (Å²) in [6.07, 6.45) is 4.49. The van der Waals surface area contributed by atoms with Gasteiger partial charge in [0.1, 0.15) is 0 Å². The maximum atomic E-state index is 10.9. The van der Waals surface area contributed by atoms with Crippen LogP contribution in [0.2, 0.25) is 0 Å². The van der Waals surface area contributed by atoms with Crippen molar-refractivity contribution in [3.8, 4) is 0 Å². The molecule has 0 bridgehead atoms. The largest absolute Gasteiger partial charge is 0.286 e. The molecule has 0 atom stereocenters. The highest BCUT2D eigenvalue weighted by Crippen LogP contribution is 2.07. The van der Waals surface area contributed by atoms with Crippen LogP contribution in [0.5, 0.6) is 0 Å². The summed E-state index contributed by atoms with van der Waals surface area (Å²) in [5, 5.41) is 0.446. The Bertz CT molecular complexity index is 238. The molecule has 0 spiro atoms. The summed E-state index contributed by atoms with van der Waals surface area (Å²) in [5.41, 5.74) is 0.521. The first-order valence-electron chi connectivity index (χ1n) is 2.77. The number of carbonyl (C=O) groups is 2. The molecular formula is C7H5BrO2. The molecule has 0 heterocycles. The van der Waals surface area contributed by atoms with E-state index < -0.39 is 11.6 Å². The third kappa shape index (κ3) is 1.24. The van der Waals surface area contributed by atoms with Crippen LogP contribution in [0.4, 0.5) is 0 Å². The quantitative estimate of drug-likeness (QED) is 0.360. The van der Waals surface area contributed by atoms with Crippen molar-refractivity contribution in [2.45, 2.75) is 0 Å². The highest BCUT2D eigenvalue weighted by atomic mass is 79.9. The molecule has 0 radical (unpaired) electrons. The van der Waals surface area contributed by atoms with Crippen molar-refractivity contribution < 1.29 is 9.59 Å². The predicted molar refractivity (Wildman–Crippen MR) is 41.0 cm³/mol. The molecular weight excluding hydrogens is 196 g/mol. The smallest absolute Gasteiger partial charge is 0.229 e. The standard InChI is InChI=1S/C7H5BrO2/c8-4-5-2-1-3-6(9)7(5)10/h1-3H,4H2.